The fourth-order valence-corrected chi connectivity index (χ4v) is 2.01. The van der Waals surface area contributed by atoms with Crippen molar-refractivity contribution >= 4 is 28.9 Å². The van der Waals surface area contributed by atoms with Gasteiger partial charge in [0.15, 0.2) is 0 Å². The van der Waals surface area contributed by atoms with Gasteiger partial charge in [-0.15, -0.1) is 0 Å². The molecular formula is C12H9Cl2N3O3. The van der Waals surface area contributed by atoms with Crippen LogP contribution in [0, 0.1) is 10.1 Å². The van der Waals surface area contributed by atoms with Crippen molar-refractivity contribution in [1.29, 1.82) is 0 Å². The highest BCUT2D eigenvalue weighted by molar-refractivity contribution is 6.31. The maximum atomic E-state index is 11.0. The van der Waals surface area contributed by atoms with Gasteiger partial charge in [0.2, 0.25) is 11.6 Å². The summed E-state index contributed by atoms with van der Waals surface area (Å²) in [7, 11) is 0. The molecule has 2 rings (SSSR count). The molecule has 104 valence electrons. The van der Waals surface area contributed by atoms with Gasteiger partial charge in [0.25, 0.3) is 0 Å². The van der Waals surface area contributed by atoms with E-state index in [9.17, 15) is 10.1 Å². The van der Waals surface area contributed by atoms with E-state index in [1.165, 1.54) is 24.5 Å². The fraction of sp³-hybridized carbons (Fsp3) is 0.167. The molecule has 0 aliphatic rings. The molecule has 0 fully saturated rings. The largest absolute Gasteiger partial charge is 0.431 e. The molecule has 0 radical (unpaired) electrons. The highest BCUT2D eigenvalue weighted by Crippen LogP contribution is 2.35. The van der Waals surface area contributed by atoms with E-state index in [0.717, 1.165) is 0 Å². The zero-order valence-electron chi connectivity index (χ0n) is 10.3. The molecule has 8 heteroatoms. The molecule has 1 aromatic heterocycles. The Balaban J connectivity index is 2.47. The normalized spacial score (nSPS) is 10.3. The number of hydrogen-bond donors (Lipinski definition) is 0. The third-order valence-corrected chi connectivity index (χ3v) is 3.09. The molecule has 0 aliphatic heterocycles. The lowest BCUT2D eigenvalue weighted by Gasteiger charge is -2.09. The summed E-state index contributed by atoms with van der Waals surface area (Å²) in [6.07, 6.45) is 1.76. The summed E-state index contributed by atoms with van der Waals surface area (Å²) < 4.78 is 5.49. The van der Waals surface area contributed by atoms with Crippen molar-refractivity contribution in [1.82, 2.24) is 9.97 Å². The summed E-state index contributed by atoms with van der Waals surface area (Å²) in [4.78, 5) is 18.2. The van der Waals surface area contributed by atoms with Gasteiger partial charge in [-0.1, -0.05) is 30.1 Å². The number of ether oxygens (including phenoxy) is 1. The van der Waals surface area contributed by atoms with Crippen molar-refractivity contribution in [2.24, 2.45) is 0 Å². The quantitative estimate of drug-likeness (QED) is 0.483. The van der Waals surface area contributed by atoms with E-state index in [2.05, 4.69) is 9.97 Å². The van der Waals surface area contributed by atoms with Crippen molar-refractivity contribution in [3.05, 3.63) is 50.4 Å². The molecule has 0 N–H and O–H groups in total. The molecule has 0 amide bonds. The monoisotopic (exact) mass is 313 g/mol. The highest BCUT2D eigenvalue weighted by atomic mass is 35.5. The summed E-state index contributed by atoms with van der Waals surface area (Å²) in [5, 5.41) is 11.5. The van der Waals surface area contributed by atoms with E-state index < -0.39 is 4.92 Å². The second kappa shape index (κ2) is 6.02. The summed E-state index contributed by atoms with van der Waals surface area (Å²) in [6.45, 7) is 1.85. The van der Waals surface area contributed by atoms with Crippen LogP contribution in [0.15, 0.2) is 24.5 Å². The average Bonchev–Trinajstić information content (AvgIpc) is 2.38. The van der Waals surface area contributed by atoms with Gasteiger partial charge in [0.1, 0.15) is 11.5 Å². The number of rotatable bonds is 4. The summed E-state index contributed by atoms with van der Waals surface area (Å²) >= 11 is 11.8. The third kappa shape index (κ3) is 2.97. The smallest absolute Gasteiger partial charge is 0.311 e. The molecule has 0 unspecified atom stereocenters. The van der Waals surface area contributed by atoms with Crippen LogP contribution in [-0.4, -0.2) is 14.9 Å². The minimum atomic E-state index is -0.555. The first kappa shape index (κ1) is 14.5. The molecule has 2 aromatic rings. The van der Waals surface area contributed by atoms with Gasteiger partial charge in [0.05, 0.1) is 10.5 Å². The zero-order valence-corrected chi connectivity index (χ0v) is 11.9. The predicted molar refractivity (Wildman–Crippen MR) is 74.6 cm³/mol. The van der Waals surface area contributed by atoms with Crippen LogP contribution in [0.25, 0.3) is 0 Å². The number of nitro groups is 1. The second-order valence-corrected chi connectivity index (χ2v) is 4.57. The predicted octanol–water partition coefficient (Wildman–Crippen LogP) is 4.05. The Hall–Kier alpha value is -1.92. The maximum Gasteiger partial charge on any atom is 0.311 e. The Kier molecular flexibility index (Phi) is 4.36. The Bertz CT molecular complexity index is 664. The van der Waals surface area contributed by atoms with Crippen LogP contribution in [0.3, 0.4) is 0 Å². The SMILES string of the molecule is CCc1c(Cl)ncnc1Oc1cc(Cl)ccc1[N+](=O)[O-]. The van der Waals surface area contributed by atoms with E-state index in [4.69, 9.17) is 27.9 Å². The first-order valence-electron chi connectivity index (χ1n) is 5.64. The van der Waals surface area contributed by atoms with Crippen LogP contribution in [0.1, 0.15) is 12.5 Å². The Morgan fingerprint density at radius 2 is 2.10 bits per heavy atom. The number of aromatic nitrogens is 2. The van der Waals surface area contributed by atoms with Gasteiger partial charge in [-0.25, -0.2) is 9.97 Å². The lowest BCUT2D eigenvalue weighted by atomic mass is 10.2. The van der Waals surface area contributed by atoms with Crippen LogP contribution in [0.5, 0.6) is 11.6 Å². The Morgan fingerprint density at radius 1 is 1.35 bits per heavy atom. The molecule has 0 bridgehead atoms. The molecule has 0 atom stereocenters. The third-order valence-electron chi connectivity index (χ3n) is 2.53. The Labute approximate surface area is 124 Å². The summed E-state index contributed by atoms with van der Waals surface area (Å²) in [5.74, 6) is 0.185. The number of nitrogens with zero attached hydrogens (tertiary/aromatic N) is 3. The molecule has 6 nitrogen and oxygen atoms in total. The molecule has 0 spiro atoms. The molecule has 0 aliphatic carbocycles. The number of hydrogen-bond acceptors (Lipinski definition) is 5. The zero-order chi connectivity index (χ0) is 14.7. The molecule has 0 saturated carbocycles. The van der Waals surface area contributed by atoms with Crippen LogP contribution in [-0.2, 0) is 6.42 Å². The molecule has 1 aromatic carbocycles. The van der Waals surface area contributed by atoms with Gasteiger partial charge >= 0.3 is 5.69 Å². The van der Waals surface area contributed by atoms with Gasteiger partial charge in [-0.2, -0.15) is 0 Å². The van der Waals surface area contributed by atoms with E-state index in [0.29, 0.717) is 17.0 Å². The standard InChI is InChI=1S/C12H9Cl2N3O3/c1-2-8-11(14)15-6-16-12(8)20-10-5-7(13)3-4-9(10)17(18)19/h3-6H,2H2,1H3. The minimum Gasteiger partial charge on any atom is -0.431 e. The van der Waals surface area contributed by atoms with E-state index in [1.807, 2.05) is 6.92 Å². The average molecular weight is 314 g/mol. The number of benzene rings is 1. The van der Waals surface area contributed by atoms with Crippen LogP contribution >= 0.6 is 23.2 Å². The van der Waals surface area contributed by atoms with Crippen LogP contribution < -0.4 is 4.74 Å². The van der Waals surface area contributed by atoms with E-state index in [1.54, 1.807) is 0 Å². The van der Waals surface area contributed by atoms with Crippen LogP contribution in [0.2, 0.25) is 10.2 Å². The van der Waals surface area contributed by atoms with Gasteiger partial charge in [-0.05, 0) is 12.5 Å². The maximum absolute atomic E-state index is 11.0. The van der Waals surface area contributed by atoms with Crippen molar-refractivity contribution in [2.75, 3.05) is 0 Å². The number of nitro benzene ring substituents is 1. The van der Waals surface area contributed by atoms with Gasteiger partial charge in [0, 0.05) is 17.2 Å². The van der Waals surface area contributed by atoms with Gasteiger partial charge < -0.3 is 4.74 Å². The van der Waals surface area contributed by atoms with E-state index in [-0.39, 0.29) is 22.5 Å². The first-order chi connectivity index (χ1) is 9.52. The fourth-order valence-electron chi connectivity index (χ4n) is 1.59. The van der Waals surface area contributed by atoms with Crippen molar-refractivity contribution in [3.63, 3.8) is 0 Å². The summed E-state index contributed by atoms with van der Waals surface area (Å²) in [6, 6.07) is 4.04. The van der Waals surface area contributed by atoms with Crippen molar-refractivity contribution in [2.45, 2.75) is 13.3 Å². The van der Waals surface area contributed by atoms with Crippen molar-refractivity contribution in [3.8, 4) is 11.6 Å². The summed E-state index contributed by atoms with van der Waals surface area (Å²) in [5.41, 5.74) is 0.370. The molecular weight excluding hydrogens is 305 g/mol. The van der Waals surface area contributed by atoms with Crippen molar-refractivity contribution < 1.29 is 9.66 Å². The van der Waals surface area contributed by atoms with E-state index >= 15 is 0 Å². The van der Waals surface area contributed by atoms with Crippen LogP contribution in [0.4, 0.5) is 5.69 Å². The topological polar surface area (TPSA) is 78.2 Å². The second-order valence-electron chi connectivity index (χ2n) is 3.77. The molecule has 20 heavy (non-hydrogen) atoms. The lowest BCUT2D eigenvalue weighted by Crippen LogP contribution is -1.99. The molecule has 0 saturated heterocycles. The highest BCUT2D eigenvalue weighted by Gasteiger charge is 2.19. The molecule has 1 heterocycles. The number of halogens is 2. The first-order valence-corrected chi connectivity index (χ1v) is 6.39. The Morgan fingerprint density at radius 3 is 2.75 bits per heavy atom. The van der Waals surface area contributed by atoms with Gasteiger partial charge in [-0.3, -0.25) is 10.1 Å². The lowest BCUT2D eigenvalue weighted by molar-refractivity contribution is -0.385. The minimum absolute atomic E-state index is 0.00645.